The number of hydrogen-bond donors (Lipinski definition) is 1. The van der Waals surface area contributed by atoms with Gasteiger partial charge in [-0.05, 0) is 56.3 Å². The van der Waals surface area contributed by atoms with Crippen LogP contribution in [0.1, 0.15) is 66.7 Å². The van der Waals surface area contributed by atoms with Crippen molar-refractivity contribution in [1.29, 1.82) is 0 Å². The summed E-state index contributed by atoms with van der Waals surface area (Å²) in [6.07, 6.45) is 5.13. The van der Waals surface area contributed by atoms with Crippen LogP contribution < -0.4 is 0 Å². The van der Waals surface area contributed by atoms with Gasteiger partial charge in [0.2, 0.25) is 0 Å². The summed E-state index contributed by atoms with van der Waals surface area (Å²) in [5.41, 5.74) is 0.387. The minimum Gasteiger partial charge on any atom is -0.462 e. The van der Waals surface area contributed by atoms with E-state index in [4.69, 9.17) is 4.74 Å². The molecule has 0 bridgehead atoms. The fourth-order valence-corrected chi connectivity index (χ4v) is 4.66. The van der Waals surface area contributed by atoms with Crippen molar-refractivity contribution < 1.29 is 14.6 Å². The average Bonchev–Trinajstić information content (AvgIpc) is 2.62. The van der Waals surface area contributed by atoms with E-state index in [1.165, 1.54) is 12.8 Å². The van der Waals surface area contributed by atoms with Gasteiger partial charge in [0, 0.05) is 5.92 Å². The molecule has 3 heteroatoms. The summed E-state index contributed by atoms with van der Waals surface area (Å²) >= 11 is 0. The van der Waals surface area contributed by atoms with Crippen molar-refractivity contribution in [3.8, 4) is 0 Å². The molecule has 0 aromatic carbocycles. The number of ether oxygens (including phenoxy) is 1. The van der Waals surface area contributed by atoms with Gasteiger partial charge in [0.15, 0.2) is 0 Å². The van der Waals surface area contributed by atoms with Gasteiger partial charge in [-0.1, -0.05) is 27.7 Å². The third kappa shape index (κ3) is 3.13. The van der Waals surface area contributed by atoms with Gasteiger partial charge in [-0.2, -0.15) is 0 Å². The van der Waals surface area contributed by atoms with Crippen LogP contribution in [0.2, 0.25) is 0 Å². The summed E-state index contributed by atoms with van der Waals surface area (Å²) in [6.45, 7) is 10.6. The summed E-state index contributed by atoms with van der Waals surface area (Å²) < 4.78 is 5.36. The summed E-state index contributed by atoms with van der Waals surface area (Å²) in [4.78, 5) is 11.9. The number of hydrogen-bond acceptors (Lipinski definition) is 3. The van der Waals surface area contributed by atoms with E-state index in [2.05, 4.69) is 13.8 Å². The average molecular weight is 296 g/mol. The molecule has 122 valence electrons. The molecule has 0 aromatic heterocycles. The Morgan fingerprint density at radius 1 is 1.19 bits per heavy atom. The predicted octanol–water partition coefficient (Wildman–Crippen LogP) is 3.79. The SMILES string of the molecule is CC.CC1OC(=O)C2CC3CCC(C)(C)CCC3C(O)C12. The molecule has 6 unspecified atom stereocenters. The maximum atomic E-state index is 11.9. The number of cyclic esters (lactones) is 1. The second-order valence-corrected chi connectivity index (χ2v) is 7.72. The van der Waals surface area contributed by atoms with Crippen molar-refractivity contribution in [2.45, 2.75) is 78.9 Å². The van der Waals surface area contributed by atoms with Crippen LogP contribution in [-0.2, 0) is 9.53 Å². The third-order valence-corrected chi connectivity index (χ3v) is 5.95. The van der Waals surface area contributed by atoms with Crippen molar-refractivity contribution in [2.75, 3.05) is 0 Å². The lowest BCUT2D eigenvalue weighted by molar-refractivity contribution is -0.144. The fraction of sp³-hybridized carbons (Fsp3) is 0.944. The van der Waals surface area contributed by atoms with E-state index in [1.807, 2.05) is 20.8 Å². The van der Waals surface area contributed by atoms with E-state index in [1.54, 1.807) is 0 Å². The Morgan fingerprint density at radius 2 is 1.81 bits per heavy atom. The zero-order valence-corrected chi connectivity index (χ0v) is 14.3. The fourth-order valence-electron chi connectivity index (χ4n) is 4.66. The Bertz CT molecular complexity index is 377. The third-order valence-electron chi connectivity index (χ3n) is 5.95. The first-order valence-corrected chi connectivity index (χ1v) is 8.77. The molecule has 6 atom stereocenters. The second-order valence-electron chi connectivity index (χ2n) is 7.72. The number of fused-ring (bicyclic) bond motifs is 2. The summed E-state index contributed by atoms with van der Waals surface area (Å²) in [6, 6.07) is 0. The Hall–Kier alpha value is -0.570. The van der Waals surface area contributed by atoms with Crippen molar-refractivity contribution in [3.63, 3.8) is 0 Å². The van der Waals surface area contributed by atoms with E-state index >= 15 is 0 Å². The molecule has 0 radical (unpaired) electrons. The molecule has 0 aromatic rings. The quantitative estimate of drug-likeness (QED) is 0.692. The Balaban J connectivity index is 0.000000774. The van der Waals surface area contributed by atoms with Crippen LogP contribution in [0.4, 0.5) is 0 Å². The summed E-state index contributed by atoms with van der Waals surface area (Å²) in [5.74, 6) is 0.803. The number of aliphatic hydroxyl groups excluding tert-OH is 1. The molecular formula is C18H32O3. The first-order valence-electron chi connectivity index (χ1n) is 8.77. The minimum absolute atomic E-state index is 0.0370. The van der Waals surface area contributed by atoms with Gasteiger partial charge >= 0.3 is 5.97 Å². The van der Waals surface area contributed by atoms with Crippen molar-refractivity contribution >= 4 is 5.97 Å². The molecule has 0 amide bonds. The highest BCUT2D eigenvalue weighted by atomic mass is 16.6. The van der Waals surface area contributed by atoms with Crippen LogP contribution in [0.15, 0.2) is 0 Å². The van der Waals surface area contributed by atoms with E-state index in [-0.39, 0.29) is 30.0 Å². The highest BCUT2D eigenvalue weighted by molar-refractivity contribution is 5.75. The summed E-state index contributed by atoms with van der Waals surface area (Å²) in [7, 11) is 0. The molecule has 3 aliphatic rings. The van der Waals surface area contributed by atoms with E-state index < -0.39 is 0 Å². The van der Waals surface area contributed by atoms with E-state index in [0.717, 1.165) is 19.3 Å². The van der Waals surface area contributed by atoms with Gasteiger partial charge in [0.25, 0.3) is 0 Å². The Labute approximate surface area is 129 Å². The predicted molar refractivity (Wildman–Crippen MR) is 83.7 cm³/mol. The molecular weight excluding hydrogens is 264 g/mol. The maximum absolute atomic E-state index is 11.9. The van der Waals surface area contributed by atoms with Crippen LogP contribution in [0.5, 0.6) is 0 Å². The van der Waals surface area contributed by atoms with Gasteiger partial charge in [-0.3, -0.25) is 4.79 Å². The molecule has 1 saturated heterocycles. The molecule has 21 heavy (non-hydrogen) atoms. The van der Waals surface area contributed by atoms with Gasteiger partial charge in [-0.15, -0.1) is 0 Å². The zero-order chi connectivity index (χ0) is 15.8. The van der Waals surface area contributed by atoms with Crippen LogP contribution in [-0.4, -0.2) is 23.3 Å². The van der Waals surface area contributed by atoms with Gasteiger partial charge in [-0.25, -0.2) is 0 Å². The maximum Gasteiger partial charge on any atom is 0.309 e. The number of carbonyl (C=O) groups excluding carboxylic acids is 1. The van der Waals surface area contributed by atoms with Crippen molar-refractivity contribution in [1.82, 2.24) is 0 Å². The molecule has 3 fully saturated rings. The van der Waals surface area contributed by atoms with E-state index in [0.29, 0.717) is 17.3 Å². The van der Waals surface area contributed by atoms with Crippen LogP contribution in [0, 0.1) is 29.1 Å². The standard InChI is InChI=1S/C16H26O3.C2H6/c1-9-13-12(15(18)19-9)8-10-4-6-16(2,3)7-5-11(10)14(13)17;1-2/h9-14,17H,4-8H2,1-3H3;1-2H3. The Kier molecular flexibility index (Phi) is 5.02. The van der Waals surface area contributed by atoms with Gasteiger partial charge in [0.05, 0.1) is 12.0 Å². The van der Waals surface area contributed by atoms with Gasteiger partial charge < -0.3 is 9.84 Å². The minimum atomic E-state index is -0.348. The monoisotopic (exact) mass is 296 g/mol. The Morgan fingerprint density at radius 3 is 2.48 bits per heavy atom. The normalized spacial score (nSPS) is 44.6. The first-order chi connectivity index (χ1) is 9.89. The lowest BCUT2D eigenvalue weighted by atomic mass is 9.64. The highest BCUT2D eigenvalue weighted by Crippen LogP contribution is 2.51. The first kappa shape index (κ1) is 16.8. The molecule has 2 aliphatic carbocycles. The number of aliphatic hydroxyl groups is 1. The van der Waals surface area contributed by atoms with Gasteiger partial charge in [0.1, 0.15) is 6.10 Å². The smallest absolute Gasteiger partial charge is 0.309 e. The largest absolute Gasteiger partial charge is 0.462 e. The van der Waals surface area contributed by atoms with Crippen molar-refractivity contribution in [2.24, 2.45) is 29.1 Å². The highest BCUT2D eigenvalue weighted by Gasteiger charge is 2.54. The molecule has 2 saturated carbocycles. The van der Waals surface area contributed by atoms with Crippen LogP contribution in [0.3, 0.4) is 0 Å². The molecule has 3 nitrogen and oxygen atoms in total. The van der Waals surface area contributed by atoms with Crippen LogP contribution in [0.25, 0.3) is 0 Å². The molecule has 1 N–H and O–H groups in total. The number of rotatable bonds is 0. The molecule has 1 heterocycles. The van der Waals surface area contributed by atoms with Crippen molar-refractivity contribution in [3.05, 3.63) is 0 Å². The molecule has 1 aliphatic heterocycles. The topological polar surface area (TPSA) is 46.5 Å². The summed E-state index contributed by atoms with van der Waals surface area (Å²) in [5, 5.41) is 10.7. The lowest BCUT2D eigenvalue weighted by Gasteiger charge is -2.41. The second kappa shape index (κ2) is 6.28. The molecule has 3 rings (SSSR count). The number of carbonyl (C=O) groups is 1. The molecule has 0 spiro atoms. The zero-order valence-electron chi connectivity index (χ0n) is 14.3. The van der Waals surface area contributed by atoms with E-state index in [9.17, 15) is 9.90 Å². The number of esters is 1. The van der Waals surface area contributed by atoms with Crippen LogP contribution >= 0.6 is 0 Å². The lowest BCUT2D eigenvalue weighted by Crippen LogP contribution is -2.45.